The second-order valence-corrected chi connectivity index (χ2v) is 4.71. The van der Waals surface area contributed by atoms with Crippen LogP contribution in [0.3, 0.4) is 0 Å². The third-order valence-corrected chi connectivity index (χ3v) is 3.03. The van der Waals surface area contributed by atoms with Crippen molar-refractivity contribution in [3.8, 4) is 0 Å². The summed E-state index contributed by atoms with van der Waals surface area (Å²) in [5, 5.41) is 13.1. The number of benzene rings is 1. The summed E-state index contributed by atoms with van der Waals surface area (Å²) in [4.78, 5) is 11.9. The number of nitrogens with zero attached hydrogens (tertiary/aromatic N) is 1. The second kappa shape index (κ2) is 6.75. The minimum Gasteiger partial charge on any atom is -0.377 e. The van der Waals surface area contributed by atoms with Crippen LogP contribution < -0.4 is 10.6 Å². The Bertz CT molecular complexity index is 551. The van der Waals surface area contributed by atoms with E-state index in [2.05, 4.69) is 20.8 Å². The van der Waals surface area contributed by atoms with Gasteiger partial charge in [-0.05, 0) is 37.6 Å². The van der Waals surface area contributed by atoms with E-state index in [0.717, 1.165) is 17.8 Å². The standard InChI is InChI=1S/C15H20N4O/c1-3-8-16-15(20)12-5-4-6-13(10-12)18-11(2)14-7-9-17-19-14/h4-7,9-11,18H,3,8H2,1-2H3,(H,16,20)(H,17,19). The van der Waals surface area contributed by atoms with Gasteiger partial charge in [0.1, 0.15) is 0 Å². The Hall–Kier alpha value is -2.30. The fourth-order valence-corrected chi connectivity index (χ4v) is 1.93. The van der Waals surface area contributed by atoms with Crippen LogP contribution in [0.15, 0.2) is 36.5 Å². The first-order valence-electron chi connectivity index (χ1n) is 6.84. The number of anilines is 1. The van der Waals surface area contributed by atoms with Gasteiger partial charge in [-0.25, -0.2) is 0 Å². The molecule has 1 heterocycles. The fourth-order valence-electron chi connectivity index (χ4n) is 1.93. The van der Waals surface area contributed by atoms with Gasteiger partial charge in [0.25, 0.3) is 5.91 Å². The number of hydrogen-bond donors (Lipinski definition) is 3. The van der Waals surface area contributed by atoms with Crippen molar-refractivity contribution < 1.29 is 4.79 Å². The highest BCUT2D eigenvalue weighted by molar-refractivity contribution is 5.95. The smallest absolute Gasteiger partial charge is 0.251 e. The van der Waals surface area contributed by atoms with E-state index >= 15 is 0 Å². The molecule has 0 aliphatic heterocycles. The topological polar surface area (TPSA) is 69.8 Å². The fraction of sp³-hybridized carbons (Fsp3) is 0.333. The lowest BCUT2D eigenvalue weighted by molar-refractivity contribution is 0.0953. The first-order valence-corrected chi connectivity index (χ1v) is 6.84. The van der Waals surface area contributed by atoms with Crippen LogP contribution in [0.2, 0.25) is 0 Å². The van der Waals surface area contributed by atoms with Crippen LogP contribution in [0.5, 0.6) is 0 Å². The summed E-state index contributed by atoms with van der Waals surface area (Å²) in [7, 11) is 0. The van der Waals surface area contributed by atoms with E-state index in [1.807, 2.05) is 44.2 Å². The number of aromatic amines is 1. The van der Waals surface area contributed by atoms with Crippen LogP contribution in [0.1, 0.15) is 42.4 Å². The number of H-pyrrole nitrogens is 1. The summed E-state index contributed by atoms with van der Waals surface area (Å²) in [6.45, 7) is 4.77. The van der Waals surface area contributed by atoms with Crippen molar-refractivity contribution in [2.45, 2.75) is 26.3 Å². The van der Waals surface area contributed by atoms with Crippen LogP contribution in [-0.4, -0.2) is 22.6 Å². The zero-order chi connectivity index (χ0) is 14.4. The third kappa shape index (κ3) is 3.60. The van der Waals surface area contributed by atoms with Crippen molar-refractivity contribution >= 4 is 11.6 Å². The second-order valence-electron chi connectivity index (χ2n) is 4.71. The van der Waals surface area contributed by atoms with E-state index in [0.29, 0.717) is 12.1 Å². The van der Waals surface area contributed by atoms with E-state index in [9.17, 15) is 4.79 Å². The maximum atomic E-state index is 11.9. The maximum Gasteiger partial charge on any atom is 0.251 e. The van der Waals surface area contributed by atoms with Gasteiger partial charge in [0.2, 0.25) is 0 Å². The van der Waals surface area contributed by atoms with Crippen molar-refractivity contribution in [2.75, 3.05) is 11.9 Å². The monoisotopic (exact) mass is 272 g/mol. The highest BCUT2D eigenvalue weighted by atomic mass is 16.1. The van der Waals surface area contributed by atoms with Crippen molar-refractivity contribution in [3.63, 3.8) is 0 Å². The Morgan fingerprint density at radius 3 is 2.95 bits per heavy atom. The Balaban J connectivity index is 2.04. The predicted molar refractivity (Wildman–Crippen MR) is 79.7 cm³/mol. The molecule has 1 amide bonds. The van der Waals surface area contributed by atoms with Crippen molar-refractivity contribution in [1.29, 1.82) is 0 Å². The molecule has 1 aromatic carbocycles. The average Bonchev–Trinajstić information content (AvgIpc) is 2.99. The lowest BCUT2D eigenvalue weighted by Gasteiger charge is -2.14. The van der Waals surface area contributed by atoms with Gasteiger partial charge in [-0.1, -0.05) is 13.0 Å². The minimum atomic E-state index is -0.0373. The molecular weight excluding hydrogens is 252 g/mol. The van der Waals surface area contributed by atoms with Crippen molar-refractivity contribution in [3.05, 3.63) is 47.8 Å². The van der Waals surface area contributed by atoms with Crippen molar-refractivity contribution in [2.24, 2.45) is 0 Å². The molecule has 0 aliphatic rings. The number of hydrogen-bond acceptors (Lipinski definition) is 3. The first kappa shape index (κ1) is 14.1. The van der Waals surface area contributed by atoms with Crippen LogP contribution in [0.4, 0.5) is 5.69 Å². The van der Waals surface area contributed by atoms with E-state index in [-0.39, 0.29) is 11.9 Å². The van der Waals surface area contributed by atoms with Gasteiger partial charge in [-0.3, -0.25) is 9.89 Å². The Labute approximate surface area is 118 Å². The highest BCUT2D eigenvalue weighted by Gasteiger charge is 2.09. The maximum absolute atomic E-state index is 11.9. The quantitative estimate of drug-likeness (QED) is 0.757. The molecule has 0 radical (unpaired) electrons. The molecule has 1 atom stereocenters. The van der Waals surface area contributed by atoms with Gasteiger partial charge in [0.15, 0.2) is 0 Å². The molecule has 5 nitrogen and oxygen atoms in total. The van der Waals surface area contributed by atoms with Gasteiger partial charge in [0.05, 0.1) is 11.7 Å². The van der Waals surface area contributed by atoms with Gasteiger partial charge in [-0.2, -0.15) is 5.10 Å². The number of rotatable bonds is 6. The molecule has 0 spiro atoms. The van der Waals surface area contributed by atoms with E-state index < -0.39 is 0 Å². The van der Waals surface area contributed by atoms with E-state index in [1.165, 1.54) is 0 Å². The summed E-state index contributed by atoms with van der Waals surface area (Å²) < 4.78 is 0. The molecule has 5 heteroatoms. The van der Waals surface area contributed by atoms with Crippen LogP contribution in [0.25, 0.3) is 0 Å². The molecular formula is C15H20N4O. The van der Waals surface area contributed by atoms with Gasteiger partial charge >= 0.3 is 0 Å². The number of aromatic nitrogens is 2. The van der Waals surface area contributed by atoms with Crippen LogP contribution in [-0.2, 0) is 0 Å². The Morgan fingerprint density at radius 1 is 1.40 bits per heavy atom. The molecule has 0 fully saturated rings. The summed E-state index contributed by atoms with van der Waals surface area (Å²) in [5.41, 5.74) is 2.59. The summed E-state index contributed by atoms with van der Waals surface area (Å²) in [6.07, 6.45) is 2.66. The average molecular weight is 272 g/mol. The zero-order valence-corrected chi connectivity index (χ0v) is 11.8. The SMILES string of the molecule is CCCNC(=O)c1cccc(NC(C)c2ccn[nH]2)c1. The normalized spacial score (nSPS) is 11.9. The molecule has 1 unspecified atom stereocenters. The molecule has 3 N–H and O–H groups in total. The number of carbonyl (C=O) groups is 1. The zero-order valence-electron chi connectivity index (χ0n) is 11.8. The molecule has 0 saturated heterocycles. The van der Waals surface area contributed by atoms with E-state index in [4.69, 9.17) is 0 Å². The molecule has 106 valence electrons. The Morgan fingerprint density at radius 2 is 2.25 bits per heavy atom. The summed E-state index contributed by atoms with van der Waals surface area (Å²) in [5.74, 6) is -0.0373. The minimum absolute atomic E-state index is 0.0373. The summed E-state index contributed by atoms with van der Waals surface area (Å²) in [6, 6.07) is 9.53. The lowest BCUT2D eigenvalue weighted by atomic mass is 10.1. The van der Waals surface area contributed by atoms with Gasteiger partial charge in [-0.15, -0.1) is 0 Å². The molecule has 0 bridgehead atoms. The lowest BCUT2D eigenvalue weighted by Crippen LogP contribution is -2.24. The summed E-state index contributed by atoms with van der Waals surface area (Å²) >= 11 is 0. The molecule has 0 saturated carbocycles. The molecule has 1 aromatic heterocycles. The van der Waals surface area contributed by atoms with Crippen molar-refractivity contribution in [1.82, 2.24) is 15.5 Å². The first-order chi connectivity index (χ1) is 9.70. The Kier molecular flexibility index (Phi) is 4.76. The number of nitrogens with one attached hydrogen (secondary N) is 3. The molecule has 2 rings (SSSR count). The van der Waals surface area contributed by atoms with E-state index in [1.54, 1.807) is 6.20 Å². The molecule has 20 heavy (non-hydrogen) atoms. The third-order valence-electron chi connectivity index (χ3n) is 3.03. The molecule has 2 aromatic rings. The highest BCUT2D eigenvalue weighted by Crippen LogP contribution is 2.18. The number of carbonyl (C=O) groups excluding carboxylic acids is 1. The van der Waals surface area contributed by atoms with Crippen LogP contribution in [0, 0.1) is 0 Å². The predicted octanol–water partition coefficient (Wildman–Crippen LogP) is 2.72. The molecule has 0 aliphatic carbocycles. The van der Waals surface area contributed by atoms with Crippen LogP contribution >= 0.6 is 0 Å². The van der Waals surface area contributed by atoms with Gasteiger partial charge in [0, 0.05) is 24.0 Å². The number of amides is 1. The largest absolute Gasteiger partial charge is 0.377 e. The van der Waals surface area contributed by atoms with Gasteiger partial charge < -0.3 is 10.6 Å².